The molecule has 5 nitrogen and oxygen atoms in total. The Morgan fingerprint density at radius 3 is 2.65 bits per heavy atom. The van der Waals surface area contributed by atoms with Crippen LogP contribution in [0, 0.1) is 12.8 Å². The van der Waals surface area contributed by atoms with Gasteiger partial charge in [-0.15, -0.1) is 0 Å². The van der Waals surface area contributed by atoms with Crippen molar-refractivity contribution in [3.63, 3.8) is 0 Å². The van der Waals surface area contributed by atoms with E-state index in [4.69, 9.17) is 4.74 Å². The van der Waals surface area contributed by atoms with Gasteiger partial charge in [0.05, 0.1) is 5.92 Å². The van der Waals surface area contributed by atoms with Crippen LogP contribution in [0.1, 0.15) is 35.3 Å². The molecule has 0 aliphatic carbocycles. The van der Waals surface area contributed by atoms with E-state index in [1.54, 1.807) is 6.07 Å². The summed E-state index contributed by atoms with van der Waals surface area (Å²) in [5.74, 6) is 0.411. The summed E-state index contributed by atoms with van der Waals surface area (Å²) in [7, 11) is 0. The van der Waals surface area contributed by atoms with Crippen molar-refractivity contribution in [1.29, 1.82) is 0 Å². The van der Waals surface area contributed by atoms with Crippen molar-refractivity contribution >= 4 is 17.5 Å². The Labute approximate surface area is 153 Å². The molecule has 2 aromatic rings. The first-order valence-electron chi connectivity index (χ1n) is 8.87. The fourth-order valence-corrected chi connectivity index (χ4v) is 3.07. The molecular weight excluding hydrogens is 328 g/mol. The standard InChI is InChI=1S/C21H24N2O3/c1-13(2)22-20(24)16-10-15-11-17(8-9-19(15)26-12-16)23-21(25)18-7-5-4-6-14(18)3/h4-9,11,13,16H,10,12H2,1-3H3,(H,22,24)(H,23,25)/t16-/m1/s1. The maximum atomic E-state index is 12.5. The van der Waals surface area contributed by atoms with E-state index in [1.165, 1.54) is 0 Å². The third kappa shape index (κ3) is 4.04. The molecule has 5 heteroatoms. The highest BCUT2D eigenvalue weighted by atomic mass is 16.5. The van der Waals surface area contributed by atoms with Crippen molar-refractivity contribution < 1.29 is 14.3 Å². The van der Waals surface area contributed by atoms with Gasteiger partial charge in [0, 0.05) is 17.3 Å². The largest absolute Gasteiger partial charge is 0.492 e. The Bertz CT molecular complexity index is 830. The number of rotatable bonds is 4. The Morgan fingerprint density at radius 1 is 1.15 bits per heavy atom. The SMILES string of the molecule is Cc1ccccc1C(=O)Nc1ccc2c(c1)C[C@@H](C(=O)NC(C)C)CO2. The average molecular weight is 352 g/mol. The molecule has 1 aliphatic heterocycles. The smallest absolute Gasteiger partial charge is 0.255 e. The second-order valence-electron chi connectivity index (χ2n) is 6.97. The van der Waals surface area contributed by atoms with E-state index in [-0.39, 0.29) is 23.8 Å². The lowest BCUT2D eigenvalue weighted by Gasteiger charge is -2.26. The second kappa shape index (κ2) is 7.60. The van der Waals surface area contributed by atoms with Gasteiger partial charge >= 0.3 is 0 Å². The molecule has 0 bridgehead atoms. The highest BCUT2D eigenvalue weighted by molar-refractivity contribution is 6.05. The highest BCUT2D eigenvalue weighted by Gasteiger charge is 2.26. The van der Waals surface area contributed by atoms with Gasteiger partial charge in [0.25, 0.3) is 5.91 Å². The van der Waals surface area contributed by atoms with Gasteiger partial charge in [0.15, 0.2) is 0 Å². The Morgan fingerprint density at radius 2 is 1.92 bits per heavy atom. The minimum absolute atomic E-state index is 0.000000941. The summed E-state index contributed by atoms with van der Waals surface area (Å²) in [6.07, 6.45) is 0.599. The van der Waals surface area contributed by atoms with Crippen molar-refractivity contribution in [3.05, 3.63) is 59.2 Å². The molecule has 26 heavy (non-hydrogen) atoms. The summed E-state index contributed by atoms with van der Waals surface area (Å²) in [6, 6.07) is 13.1. The zero-order valence-electron chi connectivity index (χ0n) is 15.3. The molecule has 0 fully saturated rings. The van der Waals surface area contributed by atoms with Crippen LogP contribution < -0.4 is 15.4 Å². The maximum absolute atomic E-state index is 12.5. The molecule has 2 aromatic carbocycles. The average Bonchev–Trinajstić information content (AvgIpc) is 2.60. The van der Waals surface area contributed by atoms with E-state index in [0.29, 0.717) is 24.3 Å². The normalized spacial score (nSPS) is 15.8. The first-order valence-corrected chi connectivity index (χ1v) is 8.87. The van der Waals surface area contributed by atoms with Gasteiger partial charge in [0.1, 0.15) is 12.4 Å². The van der Waals surface area contributed by atoms with Gasteiger partial charge in [-0.3, -0.25) is 9.59 Å². The topological polar surface area (TPSA) is 67.4 Å². The van der Waals surface area contributed by atoms with Gasteiger partial charge in [-0.05, 0) is 62.6 Å². The van der Waals surface area contributed by atoms with E-state index < -0.39 is 0 Å². The van der Waals surface area contributed by atoms with Crippen LogP contribution in [0.25, 0.3) is 0 Å². The number of benzene rings is 2. The van der Waals surface area contributed by atoms with E-state index in [1.807, 2.05) is 57.2 Å². The molecular formula is C21H24N2O3. The maximum Gasteiger partial charge on any atom is 0.255 e. The summed E-state index contributed by atoms with van der Waals surface area (Å²) in [4.78, 5) is 24.7. The second-order valence-corrected chi connectivity index (χ2v) is 6.97. The van der Waals surface area contributed by atoms with Crippen molar-refractivity contribution in [2.75, 3.05) is 11.9 Å². The number of carbonyl (C=O) groups is 2. The first kappa shape index (κ1) is 18.0. The number of fused-ring (bicyclic) bond motifs is 1. The van der Waals surface area contributed by atoms with E-state index in [0.717, 1.165) is 16.9 Å². The number of hydrogen-bond donors (Lipinski definition) is 2. The van der Waals surface area contributed by atoms with Crippen LogP contribution in [0.4, 0.5) is 5.69 Å². The van der Waals surface area contributed by atoms with Gasteiger partial charge < -0.3 is 15.4 Å². The van der Waals surface area contributed by atoms with Crippen molar-refractivity contribution in [2.24, 2.45) is 5.92 Å². The monoisotopic (exact) mass is 352 g/mol. The number of carbonyl (C=O) groups excluding carboxylic acids is 2. The van der Waals surface area contributed by atoms with Crippen molar-refractivity contribution in [2.45, 2.75) is 33.2 Å². The van der Waals surface area contributed by atoms with Gasteiger partial charge in [-0.2, -0.15) is 0 Å². The Balaban J connectivity index is 1.74. The number of aryl methyl sites for hydroxylation is 1. The van der Waals surface area contributed by atoms with Crippen LogP contribution in [0.5, 0.6) is 5.75 Å². The predicted octanol–water partition coefficient (Wildman–Crippen LogP) is 3.32. The van der Waals surface area contributed by atoms with Crippen LogP contribution in [0.2, 0.25) is 0 Å². The number of nitrogens with one attached hydrogen (secondary N) is 2. The van der Waals surface area contributed by atoms with Crippen LogP contribution >= 0.6 is 0 Å². The number of anilines is 1. The van der Waals surface area contributed by atoms with Crippen LogP contribution in [0.3, 0.4) is 0 Å². The lowest BCUT2D eigenvalue weighted by atomic mass is 9.95. The minimum atomic E-state index is -0.216. The lowest BCUT2D eigenvalue weighted by molar-refractivity contribution is -0.126. The van der Waals surface area contributed by atoms with Crippen LogP contribution in [-0.2, 0) is 11.2 Å². The van der Waals surface area contributed by atoms with Crippen molar-refractivity contribution in [3.8, 4) is 5.75 Å². The predicted molar refractivity (Wildman–Crippen MR) is 102 cm³/mol. The Hall–Kier alpha value is -2.82. The third-order valence-corrected chi connectivity index (χ3v) is 4.42. The van der Waals surface area contributed by atoms with Gasteiger partial charge in [-0.25, -0.2) is 0 Å². The minimum Gasteiger partial charge on any atom is -0.492 e. The summed E-state index contributed by atoms with van der Waals surface area (Å²) in [5.41, 5.74) is 3.21. The van der Waals surface area contributed by atoms with Crippen LogP contribution in [-0.4, -0.2) is 24.5 Å². The summed E-state index contributed by atoms with van der Waals surface area (Å²) < 4.78 is 5.73. The number of amides is 2. The molecule has 0 spiro atoms. The molecule has 0 radical (unpaired) electrons. The van der Waals surface area contributed by atoms with Crippen LogP contribution in [0.15, 0.2) is 42.5 Å². The highest BCUT2D eigenvalue weighted by Crippen LogP contribution is 2.30. The summed E-state index contributed by atoms with van der Waals surface area (Å²) >= 11 is 0. The fourth-order valence-electron chi connectivity index (χ4n) is 3.07. The molecule has 2 amide bonds. The quantitative estimate of drug-likeness (QED) is 0.887. The molecule has 1 heterocycles. The zero-order valence-corrected chi connectivity index (χ0v) is 15.3. The molecule has 2 N–H and O–H groups in total. The number of ether oxygens (including phenoxy) is 1. The lowest BCUT2D eigenvalue weighted by Crippen LogP contribution is -2.40. The molecule has 0 saturated carbocycles. The van der Waals surface area contributed by atoms with E-state index in [9.17, 15) is 9.59 Å². The molecule has 3 rings (SSSR count). The number of hydrogen-bond acceptors (Lipinski definition) is 3. The Kier molecular flexibility index (Phi) is 5.26. The first-order chi connectivity index (χ1) is 12.4. The summed E-state index contributed by atoms with van der Waals surface area (Å²) in [5, 5.41) is 5.86. The van der Waals surface area contributed by atoms with E-state index in [2.05, 4.69) is 10.6 Å². The summed E-state index contributed by atoms with van der Waals surface area (Å²) in [6.45, 7) is 6.16. The van der Waals surface area contributed by atoms with Gasteiger partial charge in [0.2, 0.25) is 5.91 Å². The van der Waals surface area contributed by atoms with Gasteiger partial charge in [-0.1, -0.05) is 18.2 Å². The van der Waals surface area contributed by atoms with Crippen molar-refractivity contribution in [1.82, 2.24) is 5.32 Å². The molecule has 1 aliphatic rings. The van der Waals surface area contributed by atoms with E-state index >= 15 is 0 Å². The molecule has 136 valence electrons. The molecule has 0 aromatic heterocycles. The third-order valence-electron chi connectivity index (χ3n) is 4.42. The molecule has 0 saturated heterocycles. The zero-order chi connectivity index (χ0) is 18.7. The molecule has 1 atom stereocenters. The fraction of sp³-hybridized carbons (Fsp3) is 0.333. The molecule has 0 unspecified atom stereocenters.